The fraction of sp³-hybridized carbons (Fsp3) is 0.412. The monoisotopic (exact) mass is 389 g/mol. The summed E-state index contributed by atoms with van der Waals surface area (Å²) in [4.78, 5) is 27.0. The maximum Gasteiger partial charge on any atom is 0.410 e. The number of aryl methyl sites for hydroxylation is 1. The van der Waals surface area contributed by atoms with Crippen LogP contribution in [0.1, 0.15) is 33.3 Å². The molecule has 3 heterocycles. The molecule has 0 spiro atoms. The molecule has 2 aromatic heterocycles. The smallest absolute Gasteiger partial charge is 0.410 e. The minimum atomic E-state index is -0.405. The number of nitrogens with one attached hydrogen (secondary N) is 1. The van der Waals surface area contributed by atoms with Crippen molar-refractivity contribution in [2.24, 2.45) is 7.05 Å². The summed E-state index contributed by atoms with van der Waals surface area (Å²) in [7, 11) is 3.13. The van der Waals surface area contributed by atoms with E-state index >= 15 is 0 Å². The number of rotatable bonds is 4. The molecule has 0 aliphatic carbocycles. The van der Waals surface area contributed by atoms with Gasteiger partial charge in [0.05, 0.1) is 25.8 Å². The van der Waals surface area contributed by atoms with E-state index in [9.17, 15) is 14.9 Å². The molecule has 1 aliphatic heterocycles. The number of hydrogen-bond acceptors (Lipinski definition) is 7. The summed E-state index contributed by atoms with van der Waals surface area (Å²) < 4.78 is 11.6. The van der Waals surface area contributed by atoms with Crippen molar-refractivity contribution >= 4 is 28.3 Å². The third-order valence-corrected chi connectivity index (χ3v) is 5.29. The lowest BCUT2D eigenvalue weighted by molar-refractivity contribution is 0.102. The van der Waals surface area contributed by atoms with Gasteiger partial charge in [0.15, 0.2) is 0 Å². The van der Waals surface area contributed by atoms with Gasteiger partial charge in [0.2, 0.25) is 5.88 Å². The lowest BCUT2D eigenvalue weighted by Gasteiger charge is -2.25. The lowest BCUT2D eigenvalue weighted by Crippen LogP contribution is -2.35. The number of carbonyl (C=O) groups is 2. The molecule has 142 valence electrons. The van der Waals surface area contributed by atoms with Gasteiger partial charge in [-0.15, -0.1) is 16.4 Å². The van der Waals surface area contributed by atoms with E-state index in [1.54, 1.807) is 25.1 Å². The second-order valence-corrected chi connectivity index (χ2v) is 6.98. The van der Waals surface area contributed by atoms with Crippen molar-refractivity contribution in [3.63, 3.8) is 0 Å². The zero-order valence-corrected chi connectivity index (χ0v) is 16.1. The Morgan fingerprint density at radius 3 is 2.93 bits per heavy atom. The Morgan fingerprint density at radius 1 is 1.48 bits per heavy atom. The Hall–Kier alpha value is -3.06. The molecule has 2 aromatic rings. The average molecular weight is 389 g/mol. The van der Waals surface area contributed by atoms with Gasteiger partial charge in [-0.25, -0.2) is 4.79 Å². The predicted octanol–water partition coefficient (Wildman–Crippen LogP) is 2.13. The third kappa shape index (κ3) is 3.59. The first-order valence-corrected chi connectivity index (χ1v) is 9.15. The molecule has 0 saturated carbocycles. The van der Waals surface area contributed by atoms with E-state index in [1.807, 2.05) is 0 Å². The second kappa shape index (κ2) is 7.67. The highest BCUT2D eigenvalue weighted by molar-refractivity contribution is 7.16. The van der Waals surface area contributed by atoms with E-state index in [1.165, 1.54) is 23.1 Å². The van der Waals surface area contributed by atoms with Crippen LogP contribution in [0.2, 0.25) is 0 Å². The SMILES string of the molecule is CCOC(=O)N1CCc2c(sc(NC(=O)c3cn(C)nc3OC)c2C#N)C1. The van der Waals surface area contributed by atoms with Crippen LogP contribution in [0.15, 0.2) is 6.20 Å². The van der Waals surface area contributed by atoms with E-state index in [0.717, 1.165) is 10.4 Å². The van der Waals surface area contributed by atoms with E-state index in [0.29, 0.717) is 36.7 Å². The highest BCUT2D eigenvalue weighted by Crippen LogP contribution is 2.37. The number of amides is 2. The Labute approximate surface area is 160 Å². The first-order chi connectivity index (χ1) is 13.0. The van der Waals surface area contributed by atoms with E-state index in [-0.39, 0.29) is 17.5 Å². The van der Waals surface area contributed by atoms with Crippen LogP contribution in [0.3, 0.4) is 0 Å². The first-order valence-electron chi connectivity index (χ1n) is 8.33. The fourth-order valence-electron chi connectivity index (χ4n) is 2.93. The zero-order chi connectivity index (χ0) is 19.6. The fourth-order valence-corrected chi connectivity index (χ4v) is 4.13. The van der Waals surface area contributed by atoms with E-state index < -0.39 is 5.91 Å². The quantitative estimate of drug-likeness (QED) is 0.858. The number of aromatic nitrogens is 2. The number of anilines is 1. The van der Waals surface area contributed by atoms with E-state index in [4.69, 9.17) is 9.47 Å². The molecule has 10 heteroatoms. The molecule has 1 N–H and O–H groups in total. The van der Waals surface area contributed by atoms with Gasteiger partial charge in [-0.1, -0.05) is 0 Å². The maximum atomic E-state index is 12.6. The van der Waals surface area contributed by atoms with Crippen LogP contribution in [-0.2, 0) is 24.8 Å². The van der Waals surface area contributed by atoms with Crippen LogP contribution in [-0.4, -0.2) is 46.9 Å². The number of thiophene rings is 1. The normalized spacial score (nSPS) is 12.9. The van der Waals surface area contributed by atoms with Gasteiger partial charge in [0, 0.05) is 24.7 Å². The molecule has 0 bridgehead atoms. The highest BCUT2D eigenvalue weighted by Gasteiger charge is 2.28. The van der Waals surface area contributed by atoms with Crippen LogP contribution < -0.4 is 10.1 Å². The summed E-state index contributed by atoms with van der Waals surface area (Å²) in [6, 6.07) is 2.17. The summed E-state index contributed by atoms with van der Waals surface area (Å²) >= 11 is 1.30. The number of nitrogens with zero attached hydrogens (tertiary/aromatic N) is 4. The van der Waals surface area contributed by atoms with Gasteiger partial charge < -0.3 is 19.7 Å². The number of fused-ring (bicyclic) bond motifs is 1. The van der Waals surface area contributed by atoms with E-state index in [2.05, 4.69) is 16.5 Å². The summed E-state index contributed by atoms with van der Waals surface area (Å²) in [5.74, 6) is -0.194. The van der Waals surface area contributed by atoms with Gasteiger partial charge in [-0.05, 0) is 18.9 Å². The first kappa shape index (κ1) is 18.7. The third-order valence-electron chi connectivity index (χ3n) is 4.15. The van der Waals surface area contributed by atoms with Crippen LogP contribution in [0.4, 0.5) is 9.80 Å². The van der Waals surface area contributed by atoms with Crippen molar-refractivity contribution in [1.29, 1.82) is 5.26 Å². The number of methoxy groups -OCH3 is 1. The molecule has 3 rings (SSSR count). The predicted molar refractivity (Wildman–Crippen MR) is 97.9 cm³/mol. The Morgan fingerprint density at radius 2 is 2.26 bits per heavy atom. The van der Waals surface area contributed by atoms with Crippen molar-refractivity contribution in [3.8, 4) is 11.9 Å². The Balaban J connectivity index is 1.84. The largest absolute Gasteiger partial charge is 0.479 e. The number of carbonyl (C=O) groups excluding carboxylic acids is 2. The minimum absolute atomic E-state index is 0.211. The number of hydrogen-bond donors (Lipinski definition) is 1. The Kier molecular flexibility index (Phi) is 5.32. The molecule has 27 heavy (non-hydrogen) atoms. The second-order valence-electron chi connectivity index (χ2n) is 5.87. The van der Waals surface area contributed by atoms with Gasteiger partial charge >= 0.3 is 6.09 Å². The van der Waals surface area contributed by atoms with Crippen molar-refractivity contribution in [2.75, 3.05) is 25.6 Å². The highest BCUT2D eigenvalue weighted by atomic mass is 32.1. The number of ether oxygens (including phenoxy) is 2. The van der Waals surface area contributed by atoms with Crippen LogP contribution >= 0.6 is 11.3 Å². The summed E-state index contributed by atoms with van der Waals surface area (Å²) in [6.07, 6.45) is 1.72. The van der Waals surface area contributed by atoms with Crippen molar-refractivity contribution in [2.45, 2.75) is 19.9 Å². The Bertz CT molecular complexity index is 927. The van der Waals surface area contributed by atoms with Crippen LogP contribution in [0.5, 0.6) is 5.88 Å². The minimum Gasteiger partial charge on any atom is -0.479 e. The molecular formula is C17H19N5O4S. The summed E-state index contributed by atoms with van der Waals surface area (Å²) in [6.45, 7) is 2.90. The molecule has 0 fully saturated rings. The van der Waals surface area contributed by atoms with Gasteiger partial charge in [0.1, 0.15) is 16.6 Å². The average Bonchev–Trinajstić information content (AvgIpc) is 3.20. The molecule has 0 atom stereocenters. The molecule has 9 nitrogen and oxygen atoms in total. The zero-order valence-electron chi connectivity index (χ0n) is 15.2. The van der Waals surface area contributed by atoms with Gasteiger partial charge in [-0.2, -0.15) is 5.26 Å². The standard InChI is InChI=1S/C17H19N5O4S/c1-4-26-17(24)22-6-5-10-11(7-18)16(27-13(10)9-22)19-14(23)12-8-21(2)20-15(12)25-3/h8H,4-6,9H2,1-3H3,(H,19,23). The molecular weight excluding hydrogens is 370 g/mol. The van der Waals surface area contributed by atoms with Crippen molar-refractivity contribution in [1.82, 2.24) is 14.7 Å². The van der Waals surface area contributed by atoms with Crippen molar-refractivity contribution < 1.29 is 19.1 Å². The summed E-state index contributed by atoms with van der Waals surface area (Å²) in [5, 5.41) is 16.9. The maximum absolute atomic E-state index is 12.6. The summed E-state index contributed by atoms with van der Waals surface area (Å²) in [5.41, 5.74) is 1.59. The van der Waals surface area contributed by atoms with Crippen molar-refractivity contribution in [3.05, 3.63) is 27.8 Å². The van der Waals surface area contributed by atoms with Gasteiger partial charge in [0.25, 0.3) is 5.91 Å². The van der Waals surface area contributed by atoms with Gasteiger partial charge in [-0.3, -0.25) is 9.48 Å². The topological polar surface area (TPSA) is 109 Å². The molecule has 2 amide bonds. The van der Waals surface area contributed by atoms with Crippen LogP contribution in [0, 0.1) is 11.3 Å². The molecule has 1 aliphatic rings. The molecule has 0 radical (unpaired) electrons. The number of nitriles is 1. The lowest BCUT2D eigenvalue weighted by atomic mass is 10.0. The molecule has 0 unspecified atom stereocenters. The molecule has 0 saturated heterocycles. The molecule has 0 aromatic carbocycles. The van der Waals surface area contributed by atoms with Crippen LogP contribution in [0.25, 0.3) is 0 Å².